The molecule has 0 aliphatic rings. The molecule has 126 valence electrons. The van der Waals surface area contributed by atoms with E-state index in [1.165, 1.54) is 19.6 Å². The molecule has 0 bridgehead atoms. The van der Waals surface area contributed by atoms with Crippen LogP contribution in [0.3, 0.4) is 0 Å². The van der Waals surface area contributed by atoms with Gasteiger partial charge in [-0.25, -0.2) is 4.98 Å². The Kier molecular flexibility index (Phi) is 3.54. The Balaban J connectivity index is 2.10. The van der Waals surface area contributed by atoms with Gasteiger partial charge in [-0.3, -0.25) is 4.40 Å². The van der Waals surface area contributed by atoms with E-state index in [0.717, 1.165) is 0 Å². The van der Waals surface area contributed by atoms with Crippen LogP contribution in [0, 0.1) is 0 Å². The zero-order chi connectivity index (χ0) is 17.6. The number of aromatic nitrogens is 5. The summed E-state index contributed by atoms with van der Waals surface area (Å²) in [6.07, 6.45) is 3.03. The minimum Gasteiger partial charge on any atom is -0.497 e. The third-order valence-corrected chi connectivity index (χ3v) is 4.25. The van der Waals surface area contributed by atoms with Gasteiger partial charge in [0.1, 0.15) is 17.8 Å². The maximum Gasteiger partial charge on any atom is 0.315 e. The zero-order valence-electron chi connectivity index (χ0n) is 13.3. The number of halogens is 1. The molecule has 4 aromatic rings. The number of aromatic hydroxyl groups is 1. The molecule has 3 heterocycles. The fraction of sp³-hybridized carbons (Fsp3) is 0.125. The first-order valence-electron chi connectivity index (χ1n) is 7.22. The van der Waals surface area contributed by atoms with Gasteiger partial charge in [-0.15, -0.1) is 10.2 Å². The fourth-order valence-electron chi connectivity index (χ4n) is 2.69. The van der Waals surface area contributed by atoms with Crippen molar-refractivity contribution in [2.24, 2.45) is 0 Å². The van der Waals surface area contributed by atoms with Gasteiger partial charge in [-0.05, 0) is 12.1 Å². The molecule has 1 N–H and O–H groups in total. The molecular formula is C16H12ClN5O3. The van der Waals surface area contributed by atoms with Crippen molar-refractivity contribution in [3.8, 4) is 28.6 Å². The molecule has 0 radical (unpaired) electrons. The maximum absolute atomic E-state index is 9.56. The van der Waals surface area contributed by atoms with Crippen molar-refractivity contribution in [2.45, 2.75) is 0 Å². The van der Waals surface area contributed by atoms with Gasteiger partial charge in [0.15, 0.2) is 11.3 Å². The van der Waals surface area contributed by atoms with Gasteiger partial charge in [-0.1, -0.05) is 11.6 Å². The molecule has 9 heteroatoms. The molecule has 4 rings (SSSR count). The highest BCUT2D eigenvalue weighted by atomic mass is 35.5. The molecule has 0 unspecified atom stereocenters. The smallest absolute Gasteiger partial charge is 0.315 e. The molecule has 0 fully saturated rings. The van der Waals surface area contributed by atoms with Crippen molar-refractivity contribution >= 4 is 28.3 Å². The summed E-state index contributed by atoms with van der Waals surface area (Å²) in [4.78, 5) is 7.88. The molecule has 0 saturated heterocycles. The Labute approximate surface area is 146 Å². The summed E-state index contributed by atoms with van der Waals surface area (Å²) in [6, 6.07) is 5.01. The first-order valence-corrected chi connectivity index (χ1v) is 7.60. The largest absolute Gasteiger partial charge is 0.497 e. The predicted octanol–water partition coefficient (Wildman–Crippen LogP) is 2.72. The predicted molar refractivity (Wildman–Crippen MR) is 91.3 cm³/mol. The second kappa shape index (κ2) is 5.75. The molecule has 0 spiro atoms. The van der Waals surface area contributed by atoms with Crippen LogP contribution in [-0.2, 0) is 0 Å². The SMILES string of the molecule is COc1cc(OC)c(Cl)c(-c2cc3cnc(O)nc3n3cnnc23)c1. The van der Waals surface area contributed by atoms with Crippen LogP contribution in [0.4, 0.5) is 0 Å². The van der Waals surface area contributed by atoms with E-state index in [1.807, 2.05) is 6.07 Å². The standard InChI is InChI=1S/C16H12ClN5O3/c1-24-9-4-10(13(17)12(5-9)25-2)11-3-8-6-18-16(23)20-14(8)22-7-19-21-15(11)22/h3-7H,1-2H3,(H,18,20,23). The topological polar surface area (TPSA) is 94.7 Å². The summed E-state index contributed by atoms with van der Waals surface area (Å²) < 4.78 is 12.3. The Bertz CT molecular complexity index is 1110. The highest BCUT2D eigenvalue weighted by Crippen LogP contribution is 2.41. The van der Waals surface area contributed by atoms with E-state index in [9.17, 15) is 5.11 Å². The van der Waals surface area contributed by atoms with Gasteiger partial charge in [0.25, 0.3) is 0 Å². The molecule has 1 aromatic carbocycles. The van der Waals surface area contributed by atoms with E-state index < -0.39 is 0 Å². The van der Waals surface area contributed by atoms with Crippen molar-refractivity contribution in [3.63, 3.8) is 0 Å². The highest BCUT2D eigenvalue weighted by Gasteiger charge is 2.18. The lowest BCUT2D eigenvalue weighted by Gasteiger charge is -2.13. The summed E-state index contributed by atoms with van der Waals surface area (Å²) in [6.45, 7) is 0. The lowest BCUT2D eigenvalue weighted by atomic mass is 10.0. The van der Waals surface area contributed by atoms with Crippen LogP contribution < -0.4 is 9.47 Å². The molecule has 0 amide bonds. The second-order valence-corrected chi connectivity index (χ2v) is 5.60. The van der Waals surface area contributed by atoms with E-state index in [4.69, 9.17) is 21.1 Å². The molecule has 3 aromatic heterocycles. The molecular weight excluding hydrogens is 346 g/mol. The van der Waals surface area contributed by atoms with Gasteiger partial charge in [0.2, 0.25) is 0 Å². The van der Waals surface area contributed by atoms with Crippen molar-refractivity contribution in [3.05, 3.63) is 35.7 Å². The van der Waals surface area contributed by atoms with Gasteiger partial charge >= 0.3 is 6.01 Å². The summed E-state index contributed by atoms with van der Waals surface area (Å²) in [5, 5.41) is 18.8. The second-order valence-electron chi connectivity index (χ2n) is 5.22. The number of hydrogen-bond donors (Lipinski definition) is 1. The Morgan fingerprint density at radius 2 is 1.92 bits per heavy atom. The number of methoxy groups -OCH3 is 2. The lowest BCUT2D eigenvalue weighted by Crippen LogP contribution is -1.97. The maximum atomic E-state index is 9.56. The molecule has 0 aliphatic carbocycles. The summed E-state index contributed by atoms with van der Waals surface area (Å²) in [7, 11) is 3.10. The van der Waals surface area contributed by atoms with Crippen molar-refractivity contribution in [1.82, 2.24) is 24.6 Å². The summed E-state index contributed by atoms with van der Waals surface area (Å²) in [5.41, 5.74) is 2.40. The minimum absolute atomic E-state index is 0.323. The van der Waals surface area contributed by atoms with E-state index >= 15 is 0 Å². The average molecular weight is 358 g/mol. The highest BCUT2D eigenvalue weighted by molar-refractivity contribution is 6.35. The van der Waals surface area contributed by atoms with Gasteiger partial charge in [0.05, 0.1) is 19.2 Å². The van der Waals surface area contributed by atoms with E-state index in [2.05, 4.69) is 20.2 Å². The molecule has 8 nitrogen and oxygen atoms in total. The number of benzene rings is 1. The first-order chi connectivity index (χ1) is 12.1. The molecule has 0 atom stereocenters. The first kappa shape index (κ1) is 15.4. The zero-order valence-corrected chi connectivity index (χ0v) is 14.0. The molecule has 25 heavy (non-hydrogen) atoms. The van der Waals surface area contributed by atoms with E-state index in [1.54, 1.807) is 23.6 Å². The number of fused-ring (bicyclic) bond motifs is 3. The Morgan fingerprint density at radius 3 is 2.68 bits per heavy atom. The normalized spacial score (nSPS) is 11.2. The monoisotopic (exact) mass is 357 g/mol. The number of hydrogen-bond acceptors (Lipinski definition) is 7. The third-order valence-electron chi connectivity index (χ3n) is 3.86. The van der Waals surface area contributed by atoms with Crippen LogP contribution in [0.15, 0.2) is 30.7 Å². The fourth-order valence-corrected chi connectivity index (χ4v) is 2.98. The Hall–Kier alpha value is -3.13. The van der Waals surface area contributed by atoms with Crippen molar-refractivity contribution in [2.75, 3.05) is 14.2 Å². The van der Waals surface area contributed by atoms with Crippen LogP contribution in [0.1, 0.15) is 0 Å². The van der Waals surface area contributed by atoms with Crippen LogP contribution in [0.25, 0.3) is 27.8 Å². The van der Waals surface area contributed by atoms with Gasteiger partial charge in [0, 0.05) is 28.8 Å². The van der Waals surface area contributed by atoms with Crippen LogP contribution in [0.2, 0.25) is 5.02 Å². The van der Waals surface area contributed by atoms with Gasteiger partial charge < -0.3 is 14.6 Å². The lowest BCUT2D eigenvalue weighted by molar-refractivity contribution is 0.395. The number of pyridine rings is 1. The van der Waals surface area contributed by atoms with Crippen LogP contribution in [-0.4, -0.2) is 43.9 Å². The van der Waals surface area contributed by atoms with Gasteiger partial charge in [-0.2, -0.15) is 4.98 Å². The van der Waals surface area contributed by atoms with Crippen LogP contribution >= 0.6 is 11.6 Å². The average Bonchev–Trinajstić information content (AvgIpc) is 3.12. The number of ether oxygens (including phenoxy) is 2. The molecule has 0 saturated carbocycles. The summed E-state index contributed by atoms with van der Waals surface area (Å²) >= 11 is 6.51. The van der Waals surface area contributed by atoms with Crippen molar-refractivity contribution < 1.29 is 14.6 Å². The summed E-state index contributed by atoms with van der Waals surface area (Å²) in [5.74, 6) is 1.08. The quantitative estimate of drug-likeness (QED) is 0.602. The third kappa shape index (κ3) is 2.38. The number of rotatable bonds is 3. The van der Waals surface area contributed by atoms with Crippen molar-refractivity contribution in [1.29, 1.82) is 0 Å². The van der Waals surface area contributed by atoms with E-state index in [0.29, 0.717) is 44.3 Å². The molecule has 0 aliphatic heterocycles. The number of nitrogens with zero attached hydrogens (tertiary/aromatic N) is 5. The Morgan fingerprint density at radius 1 is 1.08 bits per heavy atom. The minimum atomic E-state index is -0.323. The van der Waals surface area contributed by atoms with Crippen LogP contribution in [0.5, 0.6) is 17.5 Å². The van der Waals surface area contributed by atoms with E-state index in [-0.39, 0.29) is 6.01 Å².